The molecule has 3 N–H and O–H groups in total. The van der Waals surface area contributed by atoms with Crippen LogP contribution >= 0.6 is 24.0 Å². The fourth-order valence-corrected chi connectivity index (χ4v) is 4.17. The third-order valence-electron chi connectivity index (χ3n) is 5.66. The minimum Gasteiger partial charge on any atom is -0.478 e. The minimum atomic E-state index is -1.03. The summed E-state index contributed by atoms with van der Waals surface area (Å²) >= 11 is 6.03. The number of nitrogens with one attached hydrogen (secondary N) is 1. The van der Waals surface area contributed by atoms with Gasteiger partial charge in [-0.15, -0.1) is 12.4 Å². The molecule has 0 unspecified atom stereocenters. The van der Waals surface area contributed by atoms with Crippen molar-refractivity contribution in [2.75, 3.05) is 6.54 Å². The number of aromatic nitrogens is 1. The number of hydrogen-bond donors (Lipinski definition) is 3. The average Bonchev–Trinajstić information content (AvgIpc) is 2.81. The van der Waals surface area contributed by atoms with Crippen LogP contribution in [0.1, 0.15) is 34.8 Å². The highest BCUT2D eigenvalue weighted by molar-refractivity contribution is 6.30. The molecule has 0 aliphatic heterocycles. The summed E-state index contributed by atoms with van der Waals surface area (Å²) in [5.41, 5.74) is 3.85. The zero-order chi connectivity index (χ0) is 23.2. The van der Waals surface area contributed by atoms with E-state index in [-0.39, 0.29) is 18.4 Å². The maximum atomic E-state index is 10.8. The summed E-state index contributed by atoms with van der Waals surface area (Å²) in [7, 11) is 0. The number of fused-ring (bicyclic) bond motifs is 1. The number of aliphatic carboxylic acids is 1. The minimum absolute atomic E-state index is 0. The number of ether oxygens (including phenoxy) is 1. The Labute approximate surface area is 209 Å². The number of aliphatic hydroxyl groups excluding tert-OH is 1. The first kappa shape index (κ1) is 25.7. The van der Waals surface area contributed by atoms with E-state index in [0.29, 0.717) is 28.8 Å². The molecule has 1 aromatic heterocycles. The van der Waals surface area contributed by atoms with E-state index in [2.05, 4.69) is 16.4 Å². The number of carboxylic acid groups (broad SMARTS) is 1. The van der Waals surface area contributed by atoms with Gasteiger partial charge in [0, 0.05) is 35.4 Å². The maximum Gasteiger partial charge on any atom is 0.328 e. The Morgan fingerprint density at radius 3 is 2.85 bits per heavy atom. The predicted octanol–water partition coefficient (Wildman–Crippen LogP) is 5.23. The van der Waals surface area contributed by atoms with Crippen LogP contribution in [0.5, 0.6) is 11.6 Å². The van der Waals surface area contributed by atoms with Gasteiger partial charge >= 0.3 is 5.97 Å². The van der Waals surface area contributed by atoms with Gasteiger partial charge in [0.05, 0.1) is 6.10 Å². The topological polar surface area (TPSA) is 91.7 Å². The molecule has 0 saturated carbocycles. The lowest BCUT2D eigenvalue weighted by Gasteiger charge is -2.27. The molecule has 0 amide bonds. The number of nitrogens with zero attached hydrogens (tertiary/aromatic N) is 1. The van der Waals surface area contributed by atoms with Crippen LogP contribution < -0.4 is 10.1 Å². The van der Waals surface area contributed by atoms with Crippen LogP contribution in [0.25, 0.3) is 6.08 Å². The van der Waals surface area contributed by atoms with Gasteiger partial charge in [0.2, 0.25) is 5.88 Å². The van der Waals surface area contributed by atoms with Crippen LogP contribution in [0.15, 0.2) is 66.9 Å². The normalized spacial score (nSPS) is 15.9. The summed E-state index contributed by atoms with van der Waals surface area (Å²) < 4.78 is 5.98. The number of carboxylic acids is 1. The van der Waals surface area contributed by atoms with Gasteiger partial charge in [-0.2, -0.15) is 0 Å². The second-order valence-corrected chi connectivity index (χ2v) is 8.46. The van der Waals surface area contributed by atoms with Gasteiger partial charge in [-0.25, -0.2) is 9.78 Å². The van der Waals surface area contributed by atoms with E-state index >= 15 is 0 Å². The van der Waals surface area contributed by atoms with Gasteiger partial charge in [0.1, 0.15) is 5.75 Å². The van der Waals surface area contributed by atoms with Gasteiger partial charge in [0.25, 0.3) is 0 Å². The summed E-state index contributed by atoms with van der Waals surface area (Å²) in [6, 6.07) is 17.0. The van der Waals surface area contributed by atoms with Crippen LogP contribution in [0, 0.1) is 0 Å². The molecule has 178 valence electrons. The summed E-state index contributed by atoms with van der Waals surface area (Å²) in [6.45, 7) is 0.448. The van der Waals surface area contributed by atoms with Crippen LogP contribution in [-0.2, 0) is 17.6 Å². The molecule has 0 radical (unpaired) electrons. The lowest BCUT2D eigenvalue weighted by molar-refractivity contribution is -0.131. The fourth-order valence-electron chi connectivity index (χ4n) is 3.97. The number of carbonyl (C=O) groups is 1. The van der Waals surface area contributed by atoms with E-state index in [4.69, 9.17) is 21.4 Å². The van der Waals surface area contributed by atoms with Crippen molar-refractivity contribution in [1.29, 1.82) is 0 Å². The molecule has 2 aromatic carbocycles. The van der Waals surface area contributed by atoms with E-state index in [1.807, 2.05) is 24.3 Å². The number of pyridine rings is 1. The monoisotopic (exact) mass is 500 g/mol. The smallest absolute Gasteiger partial charge is 0.328 e. The third kappa shape index (κ3) is 6.81. The van der Waals surface area contributed by atoms with Gasteiger partial charge in [-0.1, -0.05) is 29.8 Å². The molecule has 6 nitrogen and oxygen atoms in total. The number of aliphatic hydroxyl groups is 1. The Kier molecular flexibility index (Phi) is 9.07. The lowest BCUT2D eigenvalue weighted by Crippen LogP contribution is -2.37. The second kappa shape index (κ2) is 12.0. The summed E-state index contributed by atoms with van der Waals surface area (Å²) in [6.07, 6.45) is 6.26. The van der Waals surface area contributed by atoms with Gasteiger partial charge < -0.3 is 20.3 Å². The Morgan fingerprint density at radius 2 is 2.06 bits per heavy atom. The number of rotatable bonds is 8. The molecular formula is C26H26Cl2N2O4. The summed E-state index contributed by atoms with van der Waals surface area (Å²) in [5, 5.41) is 23.5. The summed E-state index contributed by atoms with van der Waals surface area (Å²) in [4.78, 5) is 15.1. The van der Waals surface area contributed by atoms with Gasteiger partial charge in [-0.3, -0.25) is 0 Å². The lowest BCUT2D eigenvalue weighted by atomic mass is 9.88. The van der Waals surface area contributed by atoms with Crippen molar-refractivity contribution in [3.8, 4) is 11.6 Å². The highest BCUT2D eigenvalue weighted by Gasteiger charge is 2.20. The maximum absolute atomic E-state index is 10.8. The van der Waals surface area contributed by atoms with Crippen molar-refractivity contribution < 1.29 is 19.7 Å². The molecular weight excluding hydrogens is 475 g/mol. The molecule has 0 bridgehead atoms. The molecule has 1 heterocycles. The zero-order valence-corrected chi connectivity index (χ0v) is 19.9. The van der Waals surface area contributed by atoms with Crippen LogP contribution in [0.2, 0.25) is 5.02 Å². The van der Waals surface area contributed by atoms with Crippen molar-refractivity contribution in [1.82, 2.24) is 10.3 Å². The standard InChI is InChI=1S/C26H25ClN2O4.ClH/c27-21-5-1-3-19(13-21)24(30)16-29-22-9-6-17-7-10-23(15-20(17)14-22)33-26-18(4-2-12-28-26)8-11-25(31)32;/h1-5,7-8,10-13,15,22,24,29-30H,6,9,14,16H2,(H,31,32);1H/b11-8+;/t22-,24-;/m0./s1. The number of benzene rings is 2. The predicted molar refractivity (Wildman–Crippen MR) is 135 cm³/mol. The number of hydrogen-bond acceptors (Lipinski definition) is 5. The molecule has 1 aliphatic carbocycles. The number of aryl methyl sites for hydroxylation is 1. The van der Waals surface area contributed by atoms with Crippen LogP contribution in [-0.4, -0.2) is 33.8 Å². The highest BCUT2D eigenvalue weighted by Crippen LogP contribution is 2.30. The largest absolute Gasteiger partial charge is 0.478 e. The van der Waals surface area contributed by atoms with Crippen molar-refractivity contribution in [3.63, 3.8) is 0 Å². The Hall–Kier alpha value is -2.90. The van der Waals surface area contributed by atoms with E-state index in [9.17, 15) is 9.90 Å². The van der Waals surface area contributed by atoms with Gasteiger partial charge in [0.15, 0.2) is 0 Å². The fraction of sp³-hybridized carbons (Fsp3) is 0.231. The zero-order valence-electron chi connectivity index (χ0n) is 18.4. The van der Waals surface area contributed by atoms with Crippen molar-refractivity contribution >= 4 is 36.1 Å². The van der Waals surface area contributed by atoms with E-state index in [0.717, 1.165) is 30.9 Å². The quantitative estimate of drug-likeness (QED) is 0.367. The first-order valence-electron chi connectivity index (χ1n) is 10.8. The van der Waals surface area contributed by atoms with Crippen molar-refractivity contribution in [2.45, 2.75) is 31.4 Å². The van der Waals surface area contributed by atoms with Crippen molar-refractivity contribution in [2.24, 2.45) is 0 Å². The average molecular weight is 501 g/mol. The SMILES string of the molecule is Cl.O=C(O)/C=C/c1cccnc1Oc1ccc2c(c1)C[C@@H](NC[C@H](O)c1cccc(Cl)c1)CC2. The molecule has 34 heavy (non-hydrogen) atoms. The first-order valence-corrected chi connectivity index (χ1v) is 11.2. The third-order valence-corrected chi connectivity index (χ3v) is 5.90. The molecule has 0 fully saturated rings. The molecule has 8 heteroatoms. The van der Waals surface area contributed by atoms with E-state index in [1.165, 1.54) is 17.2 Å². The molecule has 0 saturated heterocycles. The van der Waals surface area contributed by atoms with Gasteiger partial charge in [-0.05, 0) is 78.4 Å². The molecule has 2 atom stereocenters. The van der Waals surface area contributed by atoms with E-state index < -0.39 is 12.1 Å². The molecule has 1 aliphatic rings. The van der Waals surface area contributed by atoms with E-state index in [1.54, 1.807) is 30.5 Å². The Balaban J connectivity index is 0.00000324. The Morgan fingerprint density at radius 1 is 1.21 bits per heavy atom. The van der Waals surface area contributed by atoms with Crippen molar-refractivity contribution in [3.05, 3.63) is 94.1 Å². The first-order chi connectivity index (χ1) is 16.0. The molecule has 3 aromatic rings. The highest BCUT2D eigenvalue weighted by atomic mass is 35.5. The van der Waals surface area contributed by atoms with Crippen LogP contribution in [0.3, 0.4) is 0 Å². The summed E-state index contributed by atoms with van der Waals surface area (Å²) in [5.74, 6) is -0.0280. The Bertz CT molecular complexity index is 1170. The second-order valence-electron chi connectivity index (χ2n) is 8.02. The van der Waals surface area contributed by atoms with Crippen LogP contribution in [0.4, 0.5) is 0 Å². The number of halogens is 2. The molecule has 0 spiro atoms. The molecule has 4 rings (SSSR count).